The number of aromatic nitrogens is 2. The number of hydrogen-bond acceptors (Lipinski definition) is 6. The predicted octanol–water partition coefficient (Wildman–Crippen LogP) is 5.48. The van der Waals surface area contributed by atoms with Gasteiger partial charge in [-0.1, -0.05) is 29.8 Å². The van der Waals surface area contributed by atoms with Crippen LogP contribution in [0, 0.1) is 0 Å². The van der Waals surface area contributed by atoms with Crippen molar-refractivity contribution < 1.29 is 19.0 Å². The second-order valence-corrected chi connectivity index (χ2v) is 8.22. The summed E-state index contributed by atoms with van der Waals surface area (Å²) < 4.78 is 17.4. The Morgan fingerprint density at radius 3 is 2.39 bits per heavy atom. The number of nitrogens with zero attached hydrogens (tertiary/aromatic N) is 2. The number of nitrogens with one attached hydrogen (secondary N) is 1. The average Bonchev–Trinajstić information content (AvgIpc) is 3.21. The molecular weight excluding hydrogens is 482 g/mol. The molecule has 0 amide bonds. The van der Waals surface area contributed by atoms with Crippen molar-refractivity contribution in [3.05, 3.63) is 99.4 Å². The Morgan fingerprint density at radius 1 is 1.00 bits per heavy atom. The standard InChI is InChI=1S/C27H24ClN3O5/c1-17(29-22-15-18(28)9-14-24(22)36-21-7-5-4-6-8-21)26-23(16-25(32)35-3)30-31(27(26)33)19-10-12-20(34-2)13-11-19/h4-15,30H,16H2,1-3H3. The van der Waals surface area contributed by atoms with Gasteiger partial charge >= 0.3 is 5.97 Å². The number of H-pyrrole nitrogens is 1. The van der Waals surface area contributed by atoms with Crippen LogP contribution in [0.5, 0.6) is 17.2 Å². The van der Waals surface area contributed by atoms with Crippen molar-refractivity contribution in [2.45, 2.75) is 13.3 Å². The molecule has 0 saturated heterocycles. The summed E-state index contributed by atoms with van der Waals surface area (Å²) in [6, 6.07) is 21.3. The fourth-order valence-electron chi connectivity index (χ4n) is 3.63. The number of esters is 1. The quantitative estimate of drug-likeness (QED) is 0.253. The largest absolute Gasteiger partial charge is 0.497 e. The fourth-order valence-corrected chi connectivity index (χ4v) is 3.80. The molecule has 0 saturated carbocycles. The molecule has 0 aliphatic heterocycles. The SMILES string of the molecule is COC(=O)Cc1[nH]n(-c2ccc(OC)cc2)c(=O)c1C(C)=Nc1cc(Cl)ccc1Oc1ccccc1. The van der Waals surface area contributed by atoms with E-state index in [0.717, 1.165) is 0 Å². The van der Waals surface area contributed by atoms with E-state index in [2.05, 4.69) is 10.1 Å². The Hall–Kier alpha value is -4.30. The van der Waals surface area contributed by atoms with Gasteiger partial charge in [-0.05, 0) is 61.5 Å². The number of carbonyl (C=O) groups is 1. The van der Waals surface area contributed by atoms with E-state index in [1.807, 2.05) is 30.3 Å². The van der Waals surface area contributed by atoms with E-state index in [1.165, 1.54) is 11.8 Å². The molecule has 0 radical (unpaired) electrons. The molecule has 8 nitrogen and oxygen atoms in total. The number of methoxy groups -OCH3 is 2. The summed E-state index contributed by atoms with van der Waals surface area (Å²) in [7, 11) is 2.86. The zero-order chi connectivity index (χ0) is 25.7. The molecule has 4 rings (SSSR count). The lowest BCUT2D eigenvalue weighted by Gasteiger charge is -2.10. The maximum absolute atomic E-state index is 13.5. The molecule has 36 heavy (non-hydrogen) atoms. The van der Waals surface area contributed by atoms with E-state index in [1.54, 1.807) is 56.5 Å². The third-order valence-corrected chi connectivity index (χ3v) is 5.62. The Kier molecular flexibility index (Phi) is 7.56. The van der Waals surface area contributed by atoms with Gasteiger partial charge in [0.2, 0.25) is 0 Å². The number of aromatic amines is 1. The molecule has 0 aliphatic rings. The van der Waals surface area contributed by atoms with Gasteiger partial charge in [0, 0.05) is 5.02 Å². The molecule has 1 heterocycles. The highest BCUT2D eigenvalue weighted by molar-refractivity contribution is 6.31. The molecule has 1 aromatic heterocycles. The lowest BCUT2D eigenvalue weighted by atomic mass is 10.1. The third-order valence-electron chi connectivity index (χ3n) is 5.39. The van der Waals surface area contributed by atoms with E-state index in [0.29, 0.717) is 45.1 Å². The van der Waals surface area contributed by atoms with Gasteiger partial charge in [-0.15, -0.1) is 0 Å². The van der Waals surface area contributed by atoms with Crippen molar-refractivity contribution in [3.63, 3.8) is 0 Å². The van der Waals surface area contributed by atoms with E-state index in [9.17, 15) is 9.59 Å². The van der Waals surface area contributed by atoms with Gasteiger partial charge in [0.15, 0.2) is 5.75 Å². The highest BCUT2D eigenvalue weighted by Gasteiger charge is 2.21. The Morgan fingerprint density at radius 2 is 1.72 bits per heavy atom. The maximum atomic E-state index is 13.5. The molecule has 9 heteroatoms. The highest BCUT2D eigenvalue weighted by Crippen LogP contribution is 2.34. The minimum Gasteiger partial charge on any atom is -0.497 e. The van der Waals surface area contributed by atoms with Gasteiger partial charge in [-0.2, -0.15) is 0 Å². The van der Waals surface area contributed by atoms with E-state index in [4.69, 9.17) is 25.8 Å². The van der Waals surface area contributed by atoms with Gasteiger partial charge in [0.25, 0.3) is 5.56 Å². The molecule has 0 fully saturated rings. The first-order chi connectivity index (χ1) is 17.4. The molecule has 0 spiro atoms. The van der Waals surface area contributed by atoms with Crippen LogP contribution in [-0.4, -0.2) is 35.7 Å². The minimum atomic E-state index is -0.497. The first-order valence-electron chi connectivity index (χ1n) is 11.0. The van der Waals surface area contributed by atoms with Crippen LogP contribution in [0.3, 0.4) is 0 Å². The number of rotatable bonds is 8. The number of hydrogen-bond donors (Lipinski definition) is 1. The van der Waals surface area contributed by atoms with E-state index >= 15 is 0 Å². The number of para-hydroxylation sites is 1. The van der Waals surface area contributed by atoms with Crippen LogP contribution < -0.4 is 15.0 Å². The average molecular weight is 506 g/mol. The minimum absolute atomic E-state index is 0.139. The molecule has 0 bridgehead atoms. The normalized spacial score (nSPS) is 11.3. The number of ether oxygens (including phenoxy) is 3. The van der Waals surface area contributed by atoms with Crippen molar-refractivity contribution in [3.8, 4) is 22.9 Å². The highest BCUT2D eigenvalue weighted by atomic mass is 35.5. The van der Waals surface area contributed by atoms with Crippen molar-refractivity contribution in [2.24, 2.45) is 4.99 Å². The van der Waals surface area contributed by atoms with Crippen LogP contribution in [0.15, 0.2) is 82.6 Å². The summed E-state index contributed by atoms with van der Waals surface area (Å²) in [5, 5.41) is 3.49. The summed E-state index contributed by atoms with van der Waals surface area (Å²) in [4.78, 5) is 30.3. The van der Waals surface area contributed by atoms with E-state index in [-0.39, 0.29) is 17.5 Å². The first kappa shape index (κ1) is 24.8. The van der Waals surface area contributed by atoms with Crippen molar-refractivity contribution in [2.75, 3.05) is 14.2 Å². The number of halogens is 1. The smallest absolute Gasteiger partial charge is 0.311 e. The molecule has 4 aromatic rings. The van der Waals surface area contributed by atoms with Gasteiger partial charge in [-0.3, -0.25) is 14.7 Å². The lowest BCUT2D eigenvalue weighted by Crippen LogP contribution is -2.20. The molecule has 0 atom stereocenters. The molecule has 0 unspecified atom stereocenters. The third kappa shape index (κ3) is 5.50. The Balaban J connectivity index is 1.80. The summed E-state index contributed by atoms with van der Waals surface area (Å²) in [6.07, 6.45) is -0.139. The fraction of sp³-hybridized carbons (Fsp3) is 0.148. The maximum Gasteiger partial charge on any atom is 0.311 e. The molecule has 1 N–H and O–H groups in total. The zero-order valence-corrected chi connectivity index (χ0v) is 20.7. The van der Waals surface area contributed by atoms with Crippen LogP contribution in [-0.2, 0) is 16.0 Å². The van der Waals surface area contributed by atoms with Crippen molar-refractivity contribution in [1.82, 2.24) is 9.78 Å². The number of carbonyl (C=O) groups excluding carboxylic acids is 1. The zero-order valence-electron chi connectivity index (χ0n) is 19.9. The number of benzene rings is 3. The van der Waals surface area contributed by atoms with Crippen molar-refractivity contribution in [1.29, 1.82) is 0 Å². The topological polar surface area (TPSA) is 94.9 Å². The summed E-state index contributed by atoms with van der Waals surface area (Å²) in [5.74, 6) is 1.25. The van der Waals surface area contributed by atoms with Crippen LogP contribution in [0.2, 0.25) is 5.02 Å². The Bertz CT molecular complexity index is 1460. The molecule has 0 aliphatic carbocycles. The second kappa shape index (κ2) is 11.0. The van der Waals surface area contributed by atoms with Crippen LogP contribution in [0.1, 0.15) is 18.2 Å². The molecule has 3 aromatic carbocycles. The summed E-state index contributed by atoms with van der Waals surface area (Å²) in [6.45, 7) is 1.69. The monoisotopic (exact) mass is 505 g/mol. The first-order valence-corrected chi connectivity index (χ1v) is 11.4. The van der Waals surface area contributed by atoms with Gasteiger partial charge in [-0.25, -0.2) is 9.67 Å². The van der Waals surface area contributed by atoms with Crippen LogP contribution in [0.25, 0.3) is 5.69 Å². The van der Waals surface area contributed by atoms with Gasteiger partial charge in [0.1, 0.15) is 17.2 Å². The predicted molar refractivity (Wildman–Crippen MR) is 139 cm³/mol. The van der Waals surface area contributed by atoms with Crippen molar-refractivity contribution >= 4 is 29.0 Å². The molecular formula is C27H24ClN3O5. The van der Waals surface area contributed by atoms with Gasteiger partial charge < -0.3 is 14.2 Å². The van der Waals surface area contributed by atoms with Gasteiger partial charge in [0.05, 0.1) is 43.3 Å². The Labute approximate surface area is 212 Å². The van der Waals surface area contributed by atoms with Crippen LogP contribution >= 0.6 is 11.6 Å². The summed E-state index contributed by atoms with van der Waals surface area (Å²) in [5.41, 5.74) is 1.64. The second-order valence-electron chi connectivity index (χ2n) is 7.78. The number of aliphatic imine (C=N–C) groups is 1. The van der Waals surface area contributed by atoms with E-state index < -0.39 is 5.97 Å². The van der Waals surface area contributed by atoms with Crippen LogP contribution in [0.4, 0.5) is 5.69 Å². The summed E-state index contributed by atoms with van der Waals surface area (Å²) >= 11 is 6.24. The molecule has 184 valence electrons. The lowest BCUT2D eigenvalue weighted by molar-refractivity contribution is -0.139.